The van der Waals surface area contributed by atoms with Gasteiger partial charge in [0.15, 0.2) is 0 Å². The lowest BCUT2D eigenvalue weighted by Crippen LogP contribution is -2.51. The number of carbonyl (C=O) groups is 1. The maximum Gasteiger partial charge on any atom is 0.263 e. The first-order chi connectivity index (χ1) is 16.6. The minimum Gasteiger partial charge on any atom is -0.336 e. The number of nitrogens with zero attached hydrogens (tertiary/aromatic N) is 3. The minimum absolute atomic E-state index is 0.0641. The van der Waals surface area contributed by atoms with E-state index in [0.717, 1.165) is 11.1 Å². The van der Waals surface area contributed by atoms with Crippen LogP contribution in [0, 0.1) is 0 Å². The maximum absolute atomic E-state index is 13.1. The molecule has 1 aromatic heterocycles. The summed E-state index contributed by atoms with van der Waals surface area (Å²) in [6, 6.07) is 19.8. The van der Waals surface area contributed by atoms with Gasteiger partial charge < -0.3 is 9.47 Å². The van der Waals surface area contributed by atoms with Crippen molar-refractivity contribution in [3.63, 3.8) is 0 Å². The van der Waals surface area contributed by atoms with E-state index in [9.17, 15) is 18.0 Å². The van der Waals surface area contributed by atoms with Gasteiger partial charge in [0.1, 0.15) is 5.56 Å². The van der Waals surface area contributed by atoms with Gasteiger partial charge in [-0.05, 0) is 40.8 Å². The molecule has 0 bridgehead atoms. The minimum atomic E-state index is -3.66. The van der Waals surface area contributed by atoms with Crippen LogP contribution in [0.3, 0.4) is 0 Å². The Hall–Kier alpha value is -3.23. The van der Waals surface area contributed by atoms with Crippen LogP contribution >= 0.6 is 0 Å². The number of sulfonamides is 1. The Morgan fingerprint density at radius 1 is 0.857 bits per heavy atom. The predicted octanol–water partition coefficient (Wildman–Crippen LogP) is 3.34. The zero-order valence-electron chi connectivity index (χ0n) is 20.3. The highest BCUT2D eigenvalue weighted by molar-refractivity contribution is 7.89. The average molecular weight is 494 g/mol. The lowest BCUT2D eigenvalue weighted by Gasteiger charge is -2.34. The van der Waals surface area contributed by atoms with Crippen molar-refractivity contribution in [2.75, 3.05) is 26.2 Å². The zero-order valence-corrected chi connectivity index (χ0v) is 21.2. The molecule has 3 aromatic rings. The average Bonchev–Trinajstić information content (AvgIpc) is 2.85. The Morgan fingerprint density at radius 3 is 2.09 bits per heavy atom. The molecule has 0 unspecified atom stereocenters. The summed E-state index contributed by atoms with van der Waals surface area (Å²) in [5.74, 6) is -0.371. The number of benzene rings is 2. The third-order valence-electron chi connectivity index (χ3n) is 6.33. The van der Waals surface area contributed by atoms with Crippen molar-refractivity contribution in [3.8, 4) is 0 Å². The third-order valence-corrected chi connectivity index (χ3v) is 8.24. The van der Waals surface area contributed by atoms with Gasteiger partial charge in [-0.15, -0.1) is 0 Å². The van der Waals surface area contributed by atoms with Crippen molar-refractivity contribution in [1.29, 1.82) is 0 Å². The molecule has 0 radical (unpaired) electrons. The fourth-order valence-corrected chi connectivity index (χ4v) is 5.60. The van der Waals surface area contributed by atoms with Gasteiger partial charge in [0.25, 0.3) is 11.5 Å². The van der Waals surface area contributed by atoms with Gasteiger partial charge >= 0.3 is 0 Å². The topological polar surface area (TPSA) is 79.7 Å². The van der Waals surface area contributed by atoms with Crippen molar-refractivity contribution in [2.45, 2.75) is 37.6 Å². The summed E-state index contributed by atoms with van der Waals surface area (Å²) < 4.78 is 29.2. The Kier molecular flexibility index (Phi) is 6.96. The Labute approximate surface area is 206 Å². The molecule has 1 amide bonds. The molecule has 1 aliphatic heterocycles. The molecule has 2 aromatic carbocycles. The van der Waals surface area contributed by atoms with Crippen LogP contribution in [-0.2, 0) is 22.0 Å². The molecule has 4 rings (SSSR count). The second-order valence-electron chi connectivity index (χ2n) is 9.81. The van der Waals surface area contributed by atoms with Gasteiger partial charge in [-0.1, -0.05) is 63.2 Å². The summed E-state index contributed by atoms with van der Waals surface area (Å²) >= 11 is 0. The molecule has 2 heterocycles. The van der Waals surface area contributed by atoms with E-state index in [1.54, 1.807) is 29.3 Å². The fraction of sp³-hybridized carbons (Fsp3) is 0.333. The molecular weight excluding hydrogens is 462 g/mol. The Morgan fingerprint density at radius 2 is 1.49 bits per heavy atom. The van der Waals surface area contributed by atoms with E-state index < -0.39 is 10.0 Å². The molecule has 35 heavy (non-hydrogen) atoms. The second-order valence-corrected chi connectivity index (χ2v) is 11.7. The van der Waals surface area contributed by atoms with Crippen LogP contribution in [0.4, 0.5) is 0 Å². The first kappa shape index (κ1) is 24.9. The van der Waals surface area contributed by atoms with E-state index in [4.69, 9.17) is 0 Å². The van der Waals surface area contributed by atoms with Gasteiger partial charge in [0.05, 0.1) is 11.4 Å². The SMILES string of the molecule is CC(C)(C)c1ccc(S(=O)(=O)N2CCN(C(=O)c3cccn(Cc4ccccc4)c3=O)CC2)cc1. The van der Waals surface area contributed by atoms with Crippen LogP contribution in [0.15, 0.2) is 82.6 Å². The van der Waals surface area contributed by atoms with Crippen LogP contribution in [0.2, 0.25) is 0 Å². The van der Waals surface area contributed by atoms with Gasteiger partial charge in [-0.25, -0.2) is 8.42 Å². The van der Waals surface area contributed by atoms with Gasteiger partial charge in [-0.2, -0.15) is 4.31 Å². The number of carbonyl (C=O) groups excluding carboxylic acids is 1. The standard InChI is InChI=1S/C27H31N3O4S/c1-27(2,3)22-11-13-23(14-12-22)35(33,34)30-18-16-28(17-19-30)25(31)24-10-7-15-29(26(24)32)20-21-8-5-4-6-9-21/h4-15H,16-20H2,1-3H3. The lowest BCUT2D eigenvalue weighted by atomic mass is 9.87. The molecule has 184 valence electrons. The smallest absolute Gasteiger partial charge is 0.263 e. The fourth-order valence-electron chi connectivity index (χ4n) is 4.18. The van der Waals surface area contributed by atoms with Gasteiger partial charge in [0.2, 0.25) is 10.0 Å². The second kappa shape index (κ2) is 9.79. The summed E-state index contributed by atoms with van der Waals surface area (Å²) in [5.41, 5.74) is 1.71. The lowest BCUT2D eigenvalue weighted by molar-refractivity contribution is 0.0695. The van der Waals surface area contributed by atoms with E-state index in [0.29, 0.717) is 6.54 Å². The highest BCUT2D eigenvalue weighted by Crippen LogP contribution is 2.25. The number of amides is 1. The summed E-state index contributed by atoms with van der Waals surface area (Å²) in [5, 5.41) is 0. The number of hydrogen-bond acceptors (Lipinski definition) is 4. The first-order valence-electron chi connectivity index (χ1n) is 11.7. The highest BCUT2D eigenvalue weighted by Gasteiger charge is 2.31. The van der Waals surface area contributed by atoms with E-state index in [-0.39, 0.29) is 53.5 Å². The van der Waals surface area contributed by atoms with E-state index >= 15 is 0 Å². The predicted molar refractivity (Wildman–Crippen MR) is 136 cm³/mol. The summed E-state index contributed by atoms with van der Waals surface area (Å²) in [7, 11) is -3.66. The van der Waals surface area contributed by atoms with Crippen molar-refractivity contribution in [1.82, 2.24) is 13.8 Å². The molecule has 0 aliphatic carbocycles. The van der Waals surface area contributed by atoms with E-state index in [1.807, 2.05) is 42.5 Å². The van der Waals surface area contributed by atoms with E-state index in [2.05, 4.69) is 20.8 Å². The third kappa shape index (κ3) is 5.39. The quantitative estimate of drug-likeness (QED) is 0.546. The molecule has 0 saturated carbocycles. The van der Waals surface area contributed by atoms with Crippen LogP contribution < -0.4 is 5.56 Å². The number of pyridine rings is 1. The largest absolute Gasteiger partial charge is 0.336 e. The van der Waals surface area contributed by atoms with Crippen molar-refractivity contribution < 1.29 is 13.2 Å². The normalized spacial score (nSPS) is 15.2. The molecule has 0 spiro atoms. The summed E-state index contributed by atoms with van der Waals surface area (Å²) in [6.07, 6.45) is 1.67. The summed E-state index contributed by atoms with van der Waals surface area (Å²) in [6.45, 7) is 7.43. The van der Waals surface area contributed by atoms with Gasteiger partial charge in [-0.3, -0.25) is 9.59 Å². The number of hydrogen-bond donors (Lipinski definition) is 0. The molecule has 0 atom stereocenters. The van der Waals surface area contributed by atoms with Crippen LogP contribution in [0.1, 0.15) is 42.3 Å². The molecule has 0 N–H and O–H groups in total. The van der Waals surface area contributed by atoms with Crippen LogP contribution in [0.25, 0.3) is 0 Å². The monoisotopic (exact) mass is 493 g/mol. The molecular formula is C27H31N3O4S. The van der Waals surface area contributed by atoms with Crippen LogP contribution in [-0.4, -0.2) is 54.3 Å². The highest BCUT2D eigenvalue weighted by atomic mass is 32.2. The molecule has 1 saturated heterocycles. The number of rotatable bonds is 5. The first-order valence-corrected chi connectivity index (χ1v) is 13.1. The Bertz CT molecular complexity index is 1350. The summed E-state index contributed by atoms with van der Waals surface area (Å²) in [4.78, 5) is 27.9. The Balaban J connectivity index is 1.45. The maximum atomic E-state index is 13.1. The van der Waals surface area contributed by atoms with Crippen molar-refractivity contribution >= 4 is 15.9 Å². The molecule has 1 aliphatic rings. The van der Waals surface area contributed by atoms with E-state index in [1.165, 1.54) is 14.9 Å². The van der Waals surface area contributed by atoms with Crippen molar-refractivity contribution in [3.05, 3.63) is 100.0 Å². The molecule has 8 heteroatoms. The number of aromatic nitrogens is 1. The van der Waals surface area contributed by atoms with Crippen LogP contribution in [0.5, 0.6) is 0 Å². The number of piperazine rings is 1. The van der Waals surface area contributed by atoms with Gasteiger partial charge in [0, 0.05) is 32.4 Å². The zero-order chi connectivity index (χ0) is 25.2. The molecule has 7 nitrogen and oxygen atoms in total. The van der Waals surface area contributed by atoms with Crippen molar-refractivity contribution in [2.24, 2.45) is 0 Å². The molecule has 1 fully saturated rings.